The number of piperazine rings is 1. The fourth-order valence-electron chi connectivity index (χ4n) is 3.33. The molecule has 0 radical (unpaired) electrons. The van der Waals surface area contributed by atoms with E-state index in [2.05, 4.69) is 14.9 Å². The molecule has 0 atom stereocenters. The summed E-state index contributed by atoms with van der Waals surface area (Å²) < 4.78 is 5.23. The number of para-hydroxylation sites is 2. The summed E-state index contributed by atoms with van der Waals surface area (Å²) in [5.41, 5.74) is 2.99. The SMILES string of the molecule is COc1cccc(CC(=O)N2CCN(c3nc4ccccc4[nH]3)CC2)c1. The normalized spacial score (nSPS) is 14.7. The number of hydrogen-bond acceptors (Lipinski definition) is 4. The molecule has 1 N–H and O–H groups in total. The standard InChI is InChI=1S/C20H22N4O2/c1-26-16-6-4-5-15(13-16)14-19(25)23-9-11-24(12-10-23)20-21-17-7-2-3-8-18(17)22-20/h2-8,13H,9-12,14H2,1H3,(H,21,22). The molecule has 3 aromatic rings. The number of fused-ring (bicyclic) bond motifs is 1. The lowest BCUT2D eigenvalue weighted by atomic mass is 10.1. The number of ether oxygens (including phenoxy) is 1. The van der Waals surface area contributed by atoms with E-state index in [1.807, 2.05) is 53.4 Å². The smallest absolute Gasteiger partial charge is 0.227 e. The number of rotatable bonds is 4. The zero-order valence-electron chi connectivity index (χ0n) is 14.8. The largest absolute Gasteiger partial charge is 0.497 e. The fraction of sp³-hybridized carbons (Fsp3) is 0.300. The first-order chi connectivity index (χ1) is 12.7. The highest BCUT2D eigenvalue weighted by atomic mass is 16.5. The maximum atomic E-state index is 12.6. The minimum atomic E-state index is 0.155. The number of amides is 1. The van der Waals surface area contributed by atoms with Gasteiger partial charge in [0, 0.05) is 26.2 Å². The molecule has 1 aliphatic rings. The van der Waals surface area contributed by atoms with Crippen LogP contribution in [0.1, 0.15) is 5.56 Å². The molecule has 26 heavy (non-hydrogen) atoms. The first kappa shape index (κ1) is 16.4. The van der Waals surface area contributed by atoms with E-state index in [0.717, 1.165) is 41.4 Å². The van der Waals surface area contributed by atoms with Crippen molar-refractivity contribution in [1.82, 2.24) is 14.9 Å². The van der Waals surface area contributed by atoms with E-state index in [1.165, 1.54) is 0 Å². The van der Waals surface area contributed by atoms with Gasteiger partial charge in [0.25, 0.3) is 0 Å². The zero-order chi connectivity index (χ0) is 17.9. The van der Waals surface area contributed by atoms with Crippen LogP contribution in [0.2, 0.25) is 0 Å². The number of imidazole rings is 1. The third-order valence-electron chi connectivity index (χ3n) is 4.80. The van der Waals surface area contributed by atoms with Crippen molar-refractivity contribution in [2.24, 2.45) is 0 Å². The van der Waals surface area contributed by atoms with Gasteiger partial charge in [-0.05, 0) is 29.8 Å². The van der Waals surface area contributed by atoms with Crippen LogP contribution in [0.5, 0.6) is 5.75 Å². The van der Waals surface area contributed by atoms with Gasteiger partial charge in [0.15, 0.2) is 0 Å². The summed E-state index contributed by atoms with van der Waals surface area (Å²) in [6.07, 6.45) is 0.405. The van der Waals surface area contributed by atoms with E-state index in [-0.39, 0.29) is 5.91 Å². The summed E-state index contributed by atoms with van der Waals surface area (Å²) in [5, 5.41) is 0. The summed E-state index contributed by atoms with van der Waals surface area (Å²) in [6, 6.07) is 15.7. The van der Waals surface area contributed by atoms with Crippen LogP contribution >= 0.6 is 0 Å². The molecule has 1 aliphatic heterocycles. The second-order valence-electron chi connectivity index (χ2n) is 6.47. The van der Waals surface area contributed by atoms with Crippen LogP contribution in [0.4, 0.5) is 5.95 Å². The molecule has 1 amide bonds. The van der Waals surface area contributed by atoms with Gasteiger partial charge in [0.1, 0.15) is 5.75 Å². The van der Waals surface area contributed by atoms with Gasteiger partial charge in [0.05, 0.1) is 24.6 Å². The summed E-state index contributed by atoms with van der Waals surface area (Å²) in [5.74, 6) is 1.82. The lowest BCUT2D eigenvalue weighted by Crippen LogP contribution is -2.49. The first-order valence-electron chi connectivity index (χ1n) is 8.83. The third-order valence-corrected chi connectivity index (χ3v) is 4.80. The number of hydrogen-bond donors (Lipinski definition) is 1. The zero-order valence-corrected chi connectivity index (χ0v) is 14.8. The molecule has 4 rings (SSSR count). The van der Waals surface area contributed by atoms with E-state index >= 15 is 0 Å². The molecule has 0 saturated carbocycles. The molecule has 0 unspecified atom stereocenters. The highest BCUT2D eigenvalue weighted by Crippen LogP contribution is 2.19. The molecule has 1 fully saturated rings. The minimum Gasteiger partial charge on any atom is -0.497 e. The fourth-order valence-corrected chi connectivity index (χ4v) is 3.33. The monoisotopic (exact) mass is 350 g/mol. The van der Waals surface area contributed by atoms with E-state index in [4.69, 9.17) is 4.74 Å². The van der Waals surface area contributed by atoms with Crippen LogP contribution in [-0.2, 0) is 11.2 Å². The van der Waals surface area contributed by atoms with Crippen molar-refractivity contribution in [3.8, 4) is 5.75 Å². The Bertz CT molecular complexity index is 880. The van der Waals surface area contributed by atoms with E-state index in [9.17, 15) is 4.79 Å². The van der Waals surface area contributed by atoms with Crippen LogP contribution in [0, 0.1) is 0 Å². The van der Waals surface area contributed by atoms with Crippen molar-refractivity contribution < 1.29 is 9.53 Å². The Kier molecular flexibility index (Phi) is 4.48. The number of anilines is 1. The van der Waals surface area contributed by atoms with E-state index < -0.39 is 0 Å². The lowest BCUT2D eigenvalue weighted by Gasteiger charge is -2.34. The molecule has 1 saturated heterocycles. The molecule has 0 spiro atoms. The Balaban J connectivity index is 1.37. The predicted octanol–water partition coefficient (Wildman–Crippen LogP) is 2.46. The van der Waals surface area contributed by atoms with Crippen molar-refractivity contribution in [3.63, 3.8) is 0 Å². The number of carbonyl (C=O) groups is 1. The molecular weight excluding hydrogens is 328 g/mol. The van der Waals surface area contributed by atoms with Gasteiger partial charge in [-0.25, -0.2) is 4.98 Å². The maximum absolute atomic E-state index is 12.6. The molecule has 0 bridgehead atoms. The molecule has 134 valence electrons. The summed E-state index contributed by atoms with van der Waals surface area (Å²) in [7, 11) is 1.64. The van der Waals surface area contributed by atoms with E-state index in [1.54, 1.807) is 7.11 Å². The van der Waals surface area contributed by atoms with Gasteiger partial charge in [-0.1, -0.05) is 24.3 Å². The van der Waals surface area contributed by atoms with Crippen LogP contribution in [-0.4, -0.2) is 54.1 Å². The number of carbonyl (C=O) groups excluding carboxylic acids is 1. The second-order valence-corrected chi connectivity index (χ2v) is 6.47. The summed E-state index contributed by atoms with van der Waals surface area (Å²) >= 11 is 0. The molecule has 6 nitrogen and oxygen atoms in total. The van der Waals surface area contributed by atoms with Gasteiger partial charge in [-0.15, -0.1) is 0 Å². The van der Waals surface area contributed by atoms with Gasteiger partial charge in [0.2, 0.25) is 11.9 Å². The Morgan fingerprint density at radius 2 is 1.92 bits per heavy atom. The van der Waals surface area contributed by atoms with Gasteiger partial charge in [-0.3, -0.25) is 4.79 Å². The molecule has 1 aromatic heterocycles. The predicted molar refractivity (Wildman–Crippen MR) is 102 cm³/mol. The van der Waals surface area contributed by atoms with Crippen LogP contribution < -0.4 is 9.64 Å². The summed E-state index contributed by atoms with van der Waals surface area (Å²) in [6.45, 7) is 2.98. The third kappa shape index (κ3) is 3.35. The quantitative estimate of drug-likeness (QED) is 0.785. The number of nitrogens with zero attached hydrogens (tertiary/aromatic N) is 3. The lowest BCUT2D eigenvalue weighted by molar-refractivity contribution is -0.130. The van der Waals surface area contributed by atoms with Crippen molar-refractivity contribution in [2.75, 3.05) is 38.2 Å². The van der Waals surface area contributed by atoms with Crippen molar-refractivity contribution >= 4 is 22.9 Å². The van der Waals surface area contributed by atoms with E-state index in [0.29, 0.717) is 19.5 Å². The van der Waals surface area contributed by atoms with Crippen LogP contribution in [0.3, 0.4) is 0 Å². The number of benzene rings is 2. The van der Waals surface area contributed by atoms with Gasteiger partial charge in [-0.2, -0.15) is 0 Å². The molecular formula is C20H22N4O2. The maximum Gasteiger partial charge on any atom is 0.227 e. The highest BCUT2D eigenvalue weighted by Gasteiger charge is 2.23. The summed E-state index contributed by atoms with van der Waals surface area (Å²) in [4.78, 5) is 24.7. The molecule has 6 heteroatoms. The van der Waals surface area contributed by atoms with Crippen LogP contribution in [0.25, 0.3) is 11.0 Å². The Labute approximate surface area is 152 Å². The van der Waals surface area contributed by atoms with Crippen molar-refractivity contribution in [1.29, 1.82) is 0 Å². The number of methoxy groups -OCH3 is 1. The number of nitrogens with one attached hydrogen (secondary N) is 1. The van der Waals surface area contributed by atoms with Crippen molar-refractivity contribution in [2.45, 2.75) is 6.42 Å². The number of aromatic nitrogens is 2. The topological polar surface area (TPSA) is 61.5 Å². The molecule has 0 aliphatic carbocycles. The van der Waals surface area contributed by atoms with Crippen molar-refractivity contribution in [3.05, 3.63) is 54.1 Å². The van der Waals surface area contributed by atoms with Gasteiger partial charge < -0.3 is 19.5 Å². The number of aromatic amines is 1. The van der Waals surface area contributed by atoms with Gasteiger partial charge >= 0.3 is 0 Å². The first-order valence-corrected chi connectivity index (χ1v) is 8.83. The second kappa shape index (κ2) is 7.07. The Morgan fingerprint density at radius 1 is 1.12 bits per heavy atom. The minimum absolute atomic E-state index is 0.155. The average Bonchev–Trinajstić information content (AvgIpc) is 3.12. The Morgan fingerprint density at radius 3 is 2.69 bits per heavy atom. The van der Waals surface area contributed by atoms with Crippen LogP contribution in [0.15, 0.2) is 48.5 Å². The highest BCUT2D eigenvalue weighted by molar-refractivity contribution is 5.79. The average molecular weight is 350 g/mol. The molecule has 2 aromatic carbocycles. The Hall–Kier alpha value is -3.02. The number of H-pyrrole nitrogens is 1. The molecule has 2 heterocycles.